The van der Waals surface area contributed by atoms with Crippen molar-refractivity contribution in [2.45, 2.75) is 32.0 Å². The Bertz CT molecular complexity index is 109. The zero-order chi connectivity index (χ0) is 8.41. The van der Waals surface area contributed by atoms with Crippen LogP contribution in [0.2, 0.25) is 0 Å². The average molecular weight is 170 g/mol. The fourth-order valence-corrected chi connectivity index (χ4v) is 0.540. The van der Waals surface area contributed by atoms with Crippen molar-refractivity contribution >= 4 is 9.24 Å². The highest BCUT2D eigenvalue weighted by Gasteiger charge is 2.42. The third kappa shape index (κ3) is 2.47. The molecule has 0 aliphatic carbocycles. The highest BCUT2D eigenvalue weighted by molar-refractivity contribution is 7.18. The Kier molecular flexibility index (Phi) is 3.18. The zero-order valence-electron chi connectivity index (χ0n) is 6.45. The van der Waals surface area contributed by atoms with Crippen LogP contribution in [0, 0.1) is 0 Å². The van der Waals surface area contributed by atoms with Crippen LogP contribution in [-0.4, -0.2) is 17.9 Å². The fraction of sp³-hybridized carbons (Fsp3) is 1.00. The normalized spacial score (nSPS) is 13.8. The molecule has 1 nitrogen and oxygen atoms in total. The molecule has 1 unspecified atom stereocenters. The predicted octanol–water partition coefficient (Wildman–Crippen LogP) is 2.27. The van der Waals surface area contributed by atoms with Gasteiger partial charge in [-0.1, -0.05) is 9.24 Å². The molecule has 4 heteroatoms. The average Bonchev–Trinajstić information content (AvgIpc) is 1.61. The summed E-state index contributed by atoms with van der Waals surface area (Å²) in [6.07, 6.45) is 0. The van der Waals surface area contributed by atoms with Gasteiger partial charge in [0.15, 0.2) is 0 Å². The standard InChI is InChI=1S/C6H13F2OP/c1-4-9-5(2,3)6(7,8)10/h4,10H2,1-3H3. The number of hydrogen-bond donors (Lipinski definition) is 0. The number of alkyl halides is 2. The van der Waals surface area contributed by atoms with Crippen LogP contribution in [0.4, 0.5) is 8.78 Å². The highest BCUT2D eigenvalue weighted by atomic mass is 31.0. The molecule has 0 fully saturated rings. The lowest BCUT2D eigenvalue weighted by molar-refractivity contribution is -0.135. The fourth-order valence-electron chi connectivity index (χ4n) is 0.457. The van der Waals surface area contributed by atoms with Crippen LogP contribution in [0.3, 0.4) is 0 Å². The maximum atomic E-state index is 12.5. The van der Waals surface area contributed by atoms with E-state index < -0.39 is 11.3 Å². The van der Waals surface area contributed by atoms with Gasteiger partial charge in [0, 0.05) is 6.61 Å². The van der Waals surface area contributed by atoms with Gasteiger partial charge < -0.3 is 4.74 Å². The van der Waals surface area contributed by atoms with Crippen molar-refractivity contribution in [3.63, 3.8) is 0 Å². The third-order valence-electron chi connectivity index (χ3n) is 1.31. The molecule has 0 bridgehead atoms. The minimum atomic E-state index is -2.86. The second-order valence-electron chi connectivity index (χ2n) is 2.57. The van der Waals surface area contributed by atoms with E-state index in [-0.39, 0.29) is 0 Å². The zero-order valence-corrected chi connectivity index (χ0v) is 7.60. The number of hydrogen-bond acceptors (Lipinski definition) is 1. The topological polar surface area (TPSA) is 9.23 Å². The summed E-state index contributed by atoms with van der Waals surface area (Å²) in [7, 11) is 1.48. The largest absolute Gasteiger partial charge is 0.369 e. The van der Waals surface area contributed by atoms with Crippen LogP contribution in [0.1, 0.15) is 20.8 Å². The molecule has 0 saturated carbocycles. The second kappa shape index (κ2) is 3.10. The summed E-state index contributed by atoms with van der Waals surface area (Å²) in [5.74, 6) is 0. The monoisotopic (exact) mass is 170 g/mol. The van der Waals surface area contributed by atoms with E-state index in [0.717, 1.165) is 0 Å². The van der Waals surface area contributed by atoms with Crippen molar-refractivity contribution in [2.24, 2.45) is 0 Å². The lowest BCUT2D eigenvalue weighted by atomic mass is 10.1. The van der Waals surface area contributed by atoms with Crippen molar-refractivity contribution < 1.29 is 13.5 Å². The summed E-state index contributed by atoms with van der Waals surface area (Å²) in [4.78, 5) is 0. The van der Waals surface area contributed by atoms with Gasteiger partial charge in [-0.3, -0.25) is 0 Å². The summed E-state index contributed by atoms with van der Waals surface area (Å²) in [5.41, 5.74) is -4.24. The Morgan fingerprint density at radius 3 is 1.90 bits per heavy atom. The van der Waals surface area contributed by atoms with Crippen molar-refractivity contribution in [3.8, 4) is 0 Å². The van der Waals surface area contributed by atoms with E-state index in [9.17, 15) is 8.78 Å². The molecule has 1 atom stereocenters. The SMILES string of the molecule is CCOC(C)(C)C(F)(F)P. The Morgan fingerprint density at radius 2 is 1.80 bits per heavy atom. The lowest BCUT2D eigenvalue weighted by Crippen LogP contribution is -2.40. The van der Waals surface area contributed by atoms with Gasteiger partial charge in [-0.05, 0) is 20.8 Å². The summed E-state index contributed by atoms with van der Waals surface area (Å²) in [6, 6.07) is 0. The molecule has 62 valence electrons. The number of ether oxygens (including phenoxy) is 1. The van der Waals surface area contributed by atoms with Gasteiger partial charge in [-0.15, -0.1) is 0 Å². The highest BCUT2D eigenvalue weighted by Crippen LogP contribution is 2.37. The van der Waals surface area contributed by atoms with Gasteiger partial charge in [0.25, 0.3) is 5.66 Å². The molecule has 0 aromatic rings. The van der Waals surface area contributed by atoms with E-state index >= 15 is 0 Å². The Hall–Kier alpha value is 0.250. The smallest absolute Gasteiger partial charge is 0.286 e. The molecular weight excluding hydrogens is 157 g/mol. The van der Waals surface area contributed by atoms with Gasteiger partial charge in [0.05, 0.1) is 0 Å². The molecule has 0 saturated heterocycles. The minimum absolute atomic E-state index is 0.303. The summed E-state index contributed by atoms with van der Waals surface area (Å²) in [6.45, 7) is 4.72. The van der Waals surface area contributed by atoms with Gasteiger partial charge in [0.1, 0.15) is 5.60 Å². The third-order valence-corrected chi connectivity index (χ3v) is 2.00. The first-order chi connectivity index (χ1) is 4.31. The van der Waals surface area contributed by atoms with E-state index in [4.69, 9.17) is 4.74 Å². The van der Waals surface area contributed by atoms with E-state index in [2.05, 4.69) is 0 Å². The predicted molar refractivity (Wildman–Crippen MR) is 40.4 cm³/mol. The molecule has 0 radical (unpaired) electrons. The van der Waals surface area contributed by atoms with Gasteiger partial charge >= 0.3 is 0 Å². The van der Waals surface area contributed by atoms with Crippen LogP contribution in [0.15, 0.2) is 0 Å². The molecule has 0 rings (SSSR count). The summed E-state index contributed by atoms with van der Waals surface area (Å²) < 4.78 is 29.9. The quantitative estimate of drug-likeness (QED) is 0.590. The van der Waals surface area contributed by atoms with Crippen LogP contribution in [0.5, 0.6) is 0 Å². The lowest BCUT2D eigenvalue weighted by Gasteiger charge is -2.30. The van der Waals surface area contributed by atoms with Crippen LogP contribution < -0.4 is 0 Å². The molecule has 0 aliphatic heterocycles. The number of rotatable bonds is 3. The maximum Gasteiger partial charge on any atom is 0.286 e. The van der Waals surface area contributed by atoms with Crippen LogP contribution in [-0.2, 0) is 4.74 Å². The van der Waals surface area contributed by atoms with Crippen LogP contribution in [0.25, 0.3) is 0 Å². The Balaban J connectivity index is 4.10. The van der Waals surface area contributed by atoms with E-state index in [0.29, 0.717) is 6.61 Å². The molecule has 0 aromatic heterocycles. The van der Waals surface area contributed by atoms with Crippen molar-refractivity contribution in [3.05, 3.63) is 0 Å². The first-order valence-electron chi connectivity index (χ1n) is 3.12. The van der Waals surface area contributed by atoms with Crippen molar-refractivity contribution in [1.82, 2.24) is 0 Å². The maximum absolute atomic E-state index is 12.5. The van der Waals surface area contributed by atoms with Crippen molar-refractivity contribution in [1.29, 1.82) is 0 Å². The minimum Gasteiger partial charge on any atom is -0.369 e. The van der Waals surface area contributed by atoms with Gasteiger partial charge in [-0.2, -0.15) is 8.78 Å². The van der Waals surface area contributed by atoms with E-state index in [1.807, 2.05) is 0 Å². The molecular formula is C6H13F2OP. The van der Waals surface area contributed by atoms with Gasteiger partial charge in [-0.25, -0.2) is 0 Å². The molecule has 10 heavy (non-hydrogen) atoms. The van der Waals surface area contributed by atoms with Crippen LogP contribution >= 0.6 is 9.24 Å². The Morgan fingerprint density at radius 1 is 1.40 bits per heavy atom. The first-order valence-corrected chi connectivity index (χ1v) is 3.69. The van der Waals surface area contributed by atoms with Crippen molar-refractivity contribution in [2.75, 3.05) is 6.61 Å². The van der Waals surface area contributed by atoms with E-state index in [1.54, 1.807) is 6.92 Å². The van der Waals surface area contributed by atoms with Gasteiger partial charge in [0.2, 0.25) is 0 Å². The molecule has 0 aliphatic rings. The van der Waals surface area contributed by atoms with E-state index in [1.165, 1.54) is 23.1 Å². The molecule has 0 aromatic carbocycles. The number of halogens is 2. The molecule has 0 heterocycles. The second-order valence-corrected chi connectivity index (χ2v) is 3.29. The summed E-state index contributed by atoms with van der Waals surface area (Å²) >= 11 is 0. The molecule has 0 spiro atoms. The molecule has 0 N–H and O–H groups in total. The Labute approximate surface area is 62.3 Å². The summed E-state index contributed by atoms with van der Waals surface area (Å²) in [5, 5.41) is 0. The molecule has 0 amide bonds. The first kappa shape index (κ1) is 10.2.